The van der Waals surface area contributed by atoms with Crippen LogP contribution in [0.5, 0.6) is 0 Å². The summed E-state index contributed by atoms with van der Waals surface area (Å²) in [5, 5.41) is 0. The Morgan fingerprint density at radius 1 is 0.368 bits per heavy atom. The third-order valence-corrected chi connectivity index (χ3v) is 10.7. The van der Waals surface area contributed by atoms with Gasteiger partial charge in [0, 0.05) is 12.8 Å². The fraction of sp³-hybridized carbons (Fsp3) is 0.824. The van der Waals surface area contributed by atoms with Crippen LogP contribution in [0, 0.1) is 0 Å². The predicted octanol–water partition coefficient (Wildman–Crippen LogP) is 15.8. The molecule has 0 amide bonds. The van der Waals surface area contributed by atoms with Crippen molar-refractivity contribution in [1.82, 2.24) is 0 Å². The molecule has 0 saturated heterocycles. The van der Waals surface area contributed by atoms with E-state index in [4.69, 9.17) is 14.2 Å². The first-order chi connectivity index (χ1) is 28.0. The molecule has 1 atom stereocenters. The molecule has 57 heavy (non-hydrogen) atoms. The summed E-state index contributed by atoms with van der Waals surface area (Å²) in [4.78, 5) is 37.7. The molecule has 0 aliphatic heterocycles. The summed E-state index contributed by atoms with van der Waals surface area (Å²) in [5.41, 5.74) is 0. The van der Waals surface area contributed by atoms with E-state index in [9.17, 15) is 14.4 Å². The largest absolute Gasteiger partial charge is 0.462 e. The van der Waals surface area contributed by atoms with Gasteiger partial charge in [0.2, 0.25) is 0 Å². The van der Waals surface area contributed by atoms with Gasteiger partial charge in [0.15, 0.2) is 6.10 Å². The Morgan fingerprint density at radius 3 is 1.07 bits per heavy atom. The molecule has 0 bridgehead atoms. The van der Waals surface area contributed by atoms with Crippen molar-refractivity contribution in [3.05, 3.63) is 36.5 Å². The second-order valence-electron chi connectivity index (χ2n) is 16.4. The first-order valence-corrected chi connectivity index (χ1v) is 24.5. The van der Waals surface area contributed by atoms with E-state index in [1.807, 2.05) is 6.08 Å². The van der Waals surface area contributed by atoms with Crippen LogP contribution in [-0.4, -0.2) is 37.2 Å². The number of carbonyl (C=O) groups is 3. The van der Waals surface area contributed by atoms with Gasteiger partial charge in [0.1, 0.15) is 13.2 Å². The molecule has 0 radical (unpaired) electrons. The zero-order valence-corrected chi connectivity index (χ0v) is 37.9. The Morgan fingerprint density at radius 2 is 0.684 bits per heavy atom. The van der Waals surface area contributed by atoms with Crippen LogP contribution in [0.15, 0.2) is 36.5 Å². The second-order valence-corrected chi connectivity index (χ2v) is 16.4. The highest BCUT2D eigenvalue weighted by Gasteiger charge is 2.19. The minimum atomic E-state index is -0.800. The van der Waals surface area contributed by atoms with Gasteiger partial charge in [-0.25, -0.2) is 0 Å². The van der Waals surface area contributed by atoms with E-state index < -0.39 is 12.1 Å². The van der Waals surface area contributed by atoms with E-state index in [0.717, 1.165) is 57.8 Å². The number of carbonyl (C=O) groups excluding carboxylic acids is 3. The Bertz CT molecular complexity index is 969. The predicted molar refractivity (Wildman–Crippen MR) is 242 cm³/mol. The van der Waals surface area contributed by atoms with Crippen molar-refractivity contribution in [3.63, 3.8) is 0 Å². The summed E-state index contributed by atoms with van der Waals surface area (Å²) in [5.74, 6) is -1.02. The number of allylic oxidation sites excluding steroid dienone is 5. The molecule has 0 aromatic carbocycles. The second kappa shape index (κ2) is 46.3. The van der Waals surface area contributed by atoms with Gasteiger partial charge < -0.3 is 14.2 Å². The number of rotatable bonds is 44. The van der Waals surface area contributed by atoms with Gasteiger partial charge in [-0.05, 0) is 32.1 Å². The monoisotopic (exact) mass is 801 g/mol. The molecule has 0 fully saturated rings. The van der Waals surface area contributed by atoms with E-state index in [1.54, 1.807) is 6.08 Å². The van der Waals surface area contributed by atoms with Gasteiger partial charge in [-0.3, -0.25) is 14.4 Å². The van der Waals surface area contributed by atoms with Gasteiger partial charge in [-0.15, -0.1) is 0 Å². The molecule has 0 heterocycles. The molecule has 6 heteroatoms. The normalized spacial score (nSPS) is 12.3. The van der Waals surface area contributed by atoms with Crippen molar-refractivity contribution >= 4 is 17.9 Å². The highest BCUT2D eigenvalue weighted by Crippen LogP contribution is 2.16. The van der Waals surface area contributed by atoms with Crippen LogP contribution >= 0.6 is 0 Å². The molecular weight excluding hydrogens is 709 g/mol. The molecule has 0 aliphatic carbocycles. The van der Waals surface area contributed by atoms with E-state index in [2.05, 4.69) is 45.1 Å². The van der Waals surface area contributed by atoms with Crippen LogP contribution in [0.4, 0.5) is 0 Å². The zero-order valence-electron chi connectivity index (χ0n) is 37.9. The van der Waals surface area contributed by atoms with Crippen molar-refractivity contribution < 1.29 is 28.6 Å². The summed E-state index contributed by atoms with van der Waals surface area (Å²) in [6.45, 7) is 6.44. The fourth-order valence-corrected chi connectivity index (χ4v) is 7.03. The van der Waals surface area contributed by atoms with Gasteiger partial charge >= 0.3 is 17.9 Å². The lowest BCUT2D eigenvalue weighted by atomic mass is 10.0. The summed E-state index contributed by atoms with van der Waals surface area (Å²) >= 11 is 0. The van der Waals surface area contributed by atoms with Gasteiger partial charge in [-0.2, -0.15) is 0 Å². The third kappa shape index (κ3) is 44.6. The standard InChI is InChI=1S/C51H92O6/c1-4-7-10-13-16-19-21-23-24-25-26-28-29-32-35-38-41-44-50(53)56-47-48(46-55-49(52)43-40-37-34-31-18-15-12-9-6-3)57-51(54)45-42-39-36-33-30-27-22-20-17-14-11-8-5-2/h9,12,18,31,37,40,48H,4-8,10-11,13-17,19-30,32-36,38-39,41-47H2,1-3H3/b12-9-,31-18-,40-37-. The first-order valence-electron chi connectivity index (χ1n) is 24.5. The average molecular weight is 801 g/mol. The van der Waals surface area contributed by atoms with E-state index in [0.29, 0.717) is 12.8 Å². The zero-order chi connectivity index (χ0) is 41.5. The molecule has 332 valence electrons. The van der Waals surface area contributed by atoms with Gasteiger partial charge in [-0.1, -0.05) is 237 Å². The minimum Gasteiger partial charge on any atom is -0.462 e. The number of ether oxygens (including phenoxy) is 3. The van der Waals surface area contributed by atoms with Gasteiger partial charge in [0.25, 0.3) is 0 Å². The molecule has 0 N–H and O–H groups in total. The van der Waals surface area contributed by atoms with Crippen LogP contribution < -0.4 is 0 Å². The fourth-order valence-electron chi connectivity index (χ4n) is 7.03. The lowest BCUT2D eigenvalue weighted by Gasteiger charge is -2.18. The van der Waals surface area contributed by atoms with Crippen molar-refractivity contribution in [2.24, 2.45) is 0 Å². The molecule has 0 aromatic rings. The summed E-state index contributed by atoms with van der Waals surface area (Å²) < 4.78 is 16.6. The maximum atomic E-state index is 12.7. The number of unbranched alkanes of at least 4 members (excludes halogenated alkanes) is 28. The number of hydrogen-bond donors (Lipinski definition) is 0. The first kappa shape index (κ1) is 54.6. The van der Waals surface area contributed by atoms with Crippen molar-refractivity contribution in [2.45, 2.75) is 258 Å². The van der Waals surface area contributed by atoms with E-state index >= 15 is 0 Å². The highest BCUT2D eigenvalue weighted by molar-refractivity contribution is 5.72. The summed E-state index contributed by atoms with van der Waals surface area (Å²) in [6.07, 6.45) is 53.1. The summed E-state index contributed by atoms with van der Waals surface area (Å²) in [7, 11) is 0. The maximum Gasteiger partial charge on any atom is 0.309 e. The molecule has 0 spiro atoms. The maximum absolute atomic E-state index is 12.7. The van der Waals surface area contributed by atoms with Crippen LogP contribution in [0.3, 0.4) is 0 Å². The van der Waals surface area contributed by atoms with Crippen molar-refractivity contribution in [2.75, 3.05) is 13.2 Å². The Balaban J connectivity index is 4.32. The minimum absolute atomic E-state index is 0.0947. The average Bonchev–Trinajstić information content (AvgIpc) is 3.21. The molecule has 0 saturated carbocycles. The van der Waals surface area contributed by atoms with E-state index in [1.165, 1.54) is 154 Å². The van der Waals surface area contributed by atoms with Crippen molar-refractivity contribution in [3.8, 4) is 0 Å². The molecule has 0 aromatic heterocycles. The Hall–Kier alpha value is -2.37. The smallest absolute Gasteiger partial charge is 0.309 e. The number of hydrogen-bond acceptors (Lipinski definition) is 6. The van der Waals surface area contributed by atoms with Crippen LogP contribution in [0.1, 0.15) is 252 Å². The molecule has 6 nitrogen and oxygen atoms in total. The van der Waals surface area contributed by atoms with E-state index in [-0.39, 0.29) is 31.6 Å². The van der Waals surface area contributed by atoms with Crippen LogP contribution in [-0.2, 0) is 28.6 Å². The molecule has 0 aliphatic rings. The quantitative estimate of drug-likeness (QED) is 0.0264. The lowest BCUT2D eigenvalue weighted by Crippen LogP contribution is -2.30. The SMILES string of the molecule is CC/C=C\C/C=C\C/C=C\CC(=O)OCC(COC(=O)CCCCCCCCCCCCCCCCCCC)OC(=O)CCCCCCCCCCCCCCC. The van der Waals surface area contributed by atoms with Crippen LogP contribution in [0.2, 0.25) is 0 Å². The summed E-state index contributed by atoms with van der Waals surface area (Å²) in [6, 6.07) is 0. The Kier molecular flexibility index (Phi) is 44.4. The molecule has 0 rings (SSSR count). The third-order valence-electron chi connectivity index (χ3n) is 10.7. The molecule has 1 unspecified atom stereocenters. The van der Waals surface area contributed by atoms with Gasteiger partial charge in [0.05, 0.1) is 6.42 Å². The number of esters is 3. The lowest BCUT2D eigenvalue weighted by molar-refractivity contribution is -0.166. The Labute approximate surface area is 353 Å². The molecular formula is C51H92O6. The van der Waals surface area contributed by atoms with Crippen molar-refractivity contribution in [1.29, 1.82) is 0 Å². The highest BCUT2D eigenvalue weighted by atomic mass is 16.6. The van der Waals surface area contributed by atoms with Crippen LogP contribution in [0.25, 0.3) is 0 Å². The topological polar surface area (TPSA) is 78.9 Å².